The first-order valence-corrected chi connectivity index (χ1v) is 1.07. The summed E-state index contributed by atoms with van der Waals surface area (Å²) in [6.45, 7) is 0. The van der Waals surface area contributed by atoms with Crippen LogP contribution in [0, 0.1) is 0 Å². The maximum absolute atomic E-state index is 8.93. The van der Waals surface area contributed by atoms with Gasteiger partial charge in [0.2, 0.25) is 0 Å². The molecule has 0 radical (unpaired) electrons. The van der Waals surface area contributed by atoms with Crippen LogP contribution in [0.1, 0.15) is 0 Å². The Hall–Kier alpha value is 1.30. The van der Waals surface area contributed by atoms with Crippen molar-refractivity contribution >= 4 is 11.9 Å². The van der Waals surface area contributed by atoms with Gasteiger partial charge in [0.15, 0.2) is 0 Å². The van der Waals surface area contributed by atoms with E-state index in [0.717, 1.165) is 0 Å². The van der Waals surface area contributed by atoms with Crippen LogP contribution in [0.4, 0.5) is 0 Å². The monoisotopic (exact) mass is 289 g/mol. The van der Waals surface area contributed by atoms with E-state index in [1.54, 1.807) is 0 Å². The smallest absolute Gasteiger partial charge is 0.870 e. The minimum absolute atomic E-state index is 0. The van der Waals surface area contributed by atoms with E-state index in [4.69, 9.17) is 19.8 Å². The summed E-state index contributed by atoms with van der Waals surface area (Å²) < 4.78 is 0. The Morgan fingerprint density at radius 3 is 0.833 bits per heavy atom. The maximum Gasteiger partial charge on any atom is 1.00 e. The summed E-state index contributed by atoms with van der Waals surface area (Å²) in [7, 11) is 0. The molecule has 0 aromatic rings. The first kappa shape index (κ1) is 50.7. The number of carbonyl (C=O) groups is 2. The molecule has 0 atom stereocenters. The quantitative estimate of drug-likeness (QED) is 0.309. The van der Waals surface area contributed by atoms with Crippen LogP contribution in [0.3, 0.4) is 0 Å². The van der Waals surface area contributed by atoms with E-state index < -0.39 is 11.9 Å². The molecule has 0 fully saturated rings. The van der Waals surface area contributed by atoms with E-state index in [2.05, 4.69) is 0 Å². The third-order valence-electron chi connectivity index (χ3n) is 0.167. The second-order valence-corrected chi connectivity index (χ2v) is 0.575. The topological polar surface area (TPSA) is 200 Å². The van der Waals surface area contributed by atoms with Gasteiger partial charge in [-0.3, -0.25) is 0 Å². The number of rotatable bonds is 0. The van der Waals surface area contributed by atoms with Gasteiger partial charge in [-0.25, -0.2) is 0 Å². The summed E-state index contributed by atoms with van der Waals surface area (Å²) in [5.41, 5.74) is 0. The standard InChI is InChI=1S/C2H2O4.4H2O.Rb.Ti/c3-1(4)2(5)6;;;;;;/h(H,3,4)(H,5,6);4*1H2;;/q;;;;;+1;/p-6. The number of carbonyl (C=O) groups excluding carboxylic acids is 2. The largest absolute Gasteiger partial charge is 1.00 e. The zero-order valence-electron chi connectivity index (χ0n) is 5.92. The van der Waals surface area contributed by atoms with Crippen LogP contribution in [-0.4, -0.2) is 33.8 Å². The van der Waals surface area contributed by atoms with Gasteiger partial charge in [0.1, 0.15) is 0 Å². The van der Waals surface area contributed by atoms with E-state index in [0.29, 0.717) is 0 Å². The fourth-order valence-corrected chi connectivity index (χ4v) is 0. The van der Waals surface area contributed by atoms with Gasteiger partial charge in [0.05, 0.1) is 11.9 Å². The number of carboxylic acid groups (broad SMARTS) is 2. The van der Waals surface area contributed by atoms with Gasteiger partial charge in [-0.15, -0.1) is 0 Å². The molecule has 70 valence electrons. The molecule has 10 heteroatoms. The van der Waals surface area contributed by atoms with Crippen LogP contribution in [0.15, 0.2) is 0 Å². The molecular formula is C2H4O8RbTi-5. The molecule has 0 aliphatic rings. The third-order valence-corrected chi connectivity index (χ3v) is 0.167. The van der Waals surface area contributed by atoms with Crippen molar-refractivity contribution in [3.8, 4) is 0 Å². The average Bonchev–Trinajstić information content (AvgIpc) is 1.36. The van der Waals surface area contributed by atoms with Gasteiger partial charge in [-0.05, 0) is 0 Å². The molecule has 0 rings (SSSR count). The van der Waals surface area contributed by atoms with Crippen molar-refractivity contribution in [2.24, 2.45) is 0 Å². The van der Waals surface area contributed by atoms with Gasteiger partial charge in [-0.1, -0.05) is 0 Å². The van der Waals surface area contributed by atoms with Crippen LogP contribution in [0.5, 0.6) is 0 Å². The average molecular weight is 289 g/mol. The fourth-order valence-electron chi connectivity index (χ4n) is 0. The molecule has 0 amide bonds. The second-order valence-electron chi connectivity index (χ2n) is 0.575. The number of aliphatic carboxylic acids is 2. The molecule has 8 nitrogen and oxygen atoms in total. The van der Waals surface area contributed by atoms with Crippen LogP contribution >= 0.6 is 0 Å². The third kappa shape index (κ3) is 42.7. The van der Waals surface area contributed by atoms with Crippen molar-refractivity contribution in [1.82, 2.24) is 0 Å². The Kier molecular flexibility index (Phi) is 125. The summed E-state index contributed by atoms with van der Waals surface area (Å²) in [6.07, 6.45) is 0. The van der Waals surface area contributed by atoms with E-state index in [9.17, 15) is 0 Å². The van der Waals surface area contributed by atoms with Crippen molar-refractivity contribution in [2.75, 3.05) is 0 Å². The Morgan fingerprint density at radius 1 is 0.750 bits per heavy atom. The Morgan fingerprint density at radius 2 is 0.833 bits per heavy atom. The molecule has 0 aromatic carbocycles. The predicted octanol–water partition coefficient (Wildman–Crippen LogP) is -7.22. The molecule has 0 aliphatic carbocycles. The first-order chi connectivity index (χ1) is 2.64. The summed E-state index contributed by atoms with van der Waals surface area (Å²) in [5.74, 6) is -4.37. The van der Waals surface area contributed by atoms with Crippen LogP contribution < -0.4 is 68.4 Å². The Labute approximate surface area is 131 Å². The fraction of sp³-hybridized carbons (Fsp3) is 0. The van der Waals surface area contributed by atoms with Gasteiger partial charge >= 0.3 is 58.2 Å². The van der Waals surface area contributed by atoms with Gasteiger partial charge in [-0.2, -0.15) is 0 Å². The molecule has 0 aromatic heterocycles. The Bertz CT molecular complexity index is 83.1. The summed E-state index contributed by atoms with van der Waals surface area (Å²) in [6, 6.07) is 0. The molecule has 0 aliphatic heterocycles. The van der Waals surface area contributed by atoms with Crippen LogP contribution in [-0.2, 0) is 31.3 Å². The second kappa shape index (κ2) is 29.5. The maximum atomic E-state index is 8.93. The number of hydrogen-bond donors (Lipinski definition) is 0. The zero-order chi connectivity index (χ0) is 5.15. The summed E-state index contributed by atoms with van der Waals surface area (Å²) in [5, 5.41) is 17.9. The molecule has 12 heavy (non-hydrogen) atoms. The molecule has 0 saturated carbocycles. The minimum atomic E-state index is -2.19. The Balaban J connectivity index is -0.00000000833. The zero-order valence-corrected chi connectivity index (χ0v) is 12.4. The van der Waals surface area contributed by atoms with Crippen LogP contribution in [0.2, 0.25) is 0 Å². The van der Waals surface area contributed by atoms with E-state index >= 15 is 0 Å². The van der Waals surface area contributed by atoms with Crippen molar-refractivity contribution < 1.29 is 122 Å². The molecule has 0 bridgehead atoms. The van der Waals surface area contributed by atoms with E-state index in [-0.39, 0.29) is 102 Å². The molecule has 4 N–H and O–H groups in total. The van der Waals surface area contributed by atoms with Crippen molar-refractivity contribution in [1.29, 1.82) is 0 Å². The minimum Gasteiger partial charge on any atom is -0.870 e. The van der Waals surface area contributed by atoms with E-state index in [1.165, 1.54) is 0 Å². The predicted molar refractivity (Wildman–Crippen MR) is 17.8 cm³/mol. The molecular weight excluding hydrogens is 285 g/mol. The van der Waals surface area contributed by atoms with Crippen molar-refractivity contribution in [3.63, 3.8) is 0 Å². The van der Waals surface area contributed by atoms with E-state index in [1.807, 2.05) is 0 Å². The number of hydrogen-bond acceptors (Lipinski definition) is 8. The first-order valence-electron chi connectivity index (χ1n) is 1.07. The summed E-state index contributed by atoms with van der Waals surface area (Å²) in [4.78, 5) is 17.9. The van der Waals surface area contributed by atoms with Crippen LogP contribution in [0.25, 0.3) is 0 Å². The molecule has 0 heterocycles. The van der Waals surface area contributed by atoms with Gasteiger partial charge in [0.25, 0.3) is 0 Å². The van der Waals surface area contributed by atoms with Gasteiger partial charge < -0.3 is 41.7 Å². The molecule has 0 unspecified atom stereocenters. The normalized spacial score (nSPS) is 3.67. The molecule has 0 spiro atoms. The molecule has 0 saturated heterocycles. The number of carboxylic acids is 2. The van der Waals surface area contributed by atoms with Gasteiger partial charge in [0, 0.05) is 21.7 Å². The van der Waals surface area contributed by atoms with Crippen molar-refractivity contribution in [3.05, 3.63) is 0 Å². The summed E-state index contributed by atoms with van der Waals surface area (Å²) >= 11 is 0. The van der Waals surface area contributed by atoms with Crippen molar-refractivity contribution in [2.45, 2.75) is 0 Å². The SMILES string of the molecule is O=C([O-])C(=O)[O-].[OH-].[OH-].[OH-].[OH-].[Rb+].[Ti].